The molecule has 1 saturated carbocycles. The van der Waals surface area contributed by atoms with Crippen LogP contribution in [0.3, 0.4) is 0 Å². The van der Waals surface area contributed by atoms with Crippen molar-refractivity contribution in [1.82, 2.24) is 19.2 Å². The number of halogens is 1. The Morgan fingerprint density at radius 1 is 1.09 bits per heavy atom. The van der Waals surface area contributed by atoms with Gasteiger partial charge in [-0.25, -0.2) is 9.07 Å². The van der Waals surface area contributed by atoms with Crippen molar-refractivity contribution in [2.24, 2.45) is 0 Å². The van der Waals surface area contributed by atoms with E-state index in [0.717, 1.165) is 37.4 Å². The number of piperazine rings is 1. The zero-order valence-corrected chi connectivity index (χ0v) is 18.9. The van der Waals surface area contributed by atoms with E-state index in [1.54, 1.807) is 12.1 Å². The molecule has 5 rings (SSSR count). The van der Waals surface area contributed by atoms with Crippen LogP contribution in [0.4, 0.5) is 10.1 Å². The van der Waals surface area contributed by atoms with Crippen molar-refractivity contribution in [2.45, 2.75) is 32.4 Å². The highest BCUT2D eigenvalue weighted by molar-refractivity contribution is 7.71. The van der Waals surface area contributed by atoms with E-state index < -0.39 is 0 Å². The van der Waals surface area contributed by atoms with Gasteiger partial charge in [-0.2, -0.15) is 5.10 Å². The van der Waals surface area contributed by atoms with Gasteiger partial charge in [0.05, 0.1) is 12.4 Å². The standard InChI is InChI=1S/C24H26FN5OS/c1-17(31)19-9-10-22(21(25)15-19)28-13-11-27(12-14-28)16-29-24(32)30(20-5-3-2-4-6-20)23(26-29)18-7-8-18/h2-6,9-10,15,18H,7-8,11-14,16H2,1H3. The third-order valence-corrected chi connectivity index (χ3v) is 6.62. The fourth-order valence-electron chi connectivity index (χ4n) is 4.24. The molecule has 0 spiro atoms. The summed E-state index contributed by atoms with van der Waals surface area (Å²) in [6.07, 6.45) is 2.32. The van der Waals surface area contributed by atoms with E-state index in [-0.39, 0.29) is 11.6 Å². The quantitative estimate of drug-likeness (QED) is 0.411. The minimum absolute atomic E-state index is 0.127. The average Bonchev–Trinajstić information content (AvgIpc) is 3.59. The van der Waals surface area contributed by atoms with Crippen molar-refractivity contribution in [3.05, 3.63) is 70.5 Å². The molecule has 1 saturated heterocycles. The molecule has 8 heteroatoms. The van der Waals surface area contributed by atoms with Gasteiger partial charge in [0.1, 0.15) is 11.6 Å². The van der Waals surface area contributed by atoms with E-state index in [0.29, 0.717) is 41.7 Å². The zero-order chi connectivity index (χ0) is 22.2. The molecule has 0 atom stereocenters. The maximum Gasteiger partial charge on any atom is 0.203 e. The van der Waals surface area contributed by atoms with E-state index in [1.807, 2.05) is 27.8 Å². The van der Waals surface area contributed by atoms with Gasteiger partial charge >= 0.3 is 0 Å². The lowest BCUT2D eigenvalue weighted by Crippen LogP contribution is -2.47. The second-order valence-electron chi connectivity index (χ2n) is 8.55. The van der Waals surface area contributed by atoms with E-state index >= 15 is 0 Å². The molecule has 2 fully saturated rings. The number of benzene rings is 2. The highest BCUT2D eigenvalue weighted by atomic mass is 32.1. The van der Waals surface area contributed by atoms with Crippen LogP contribution >= 0.6 is 12.2 Å². The van der Waals surface area contributed by atoms with Gasteiger partial charge in [-0.3, -0.25) is 14.3 Å². The zero-order valence-electron chi connectivity index (χ0n) is 18.1. The van der Waals surface area contributed by atoms with Gasteiger partial charge < -0.3 is 4.90 Å². The molecule has 6 nitrogen and oxygen atoms in total. The molecular weight excluding hydrogens is 425 g/mol. The lowest BCUT2D eigenvalue weighted by Gasteiger charge is -2.36. The monoisotopic (exact) mass is 451 g/mol. The van der Waals surface area contributed by atoms with Crippen LogP contribution < -0.4 is 4.90 Å². The number of rotatable bonds is 6. The van der Waals surface area contributed by atoms with Crippen molar-refractivity contribution in [3.63, 3.8) is 0 Å². The Labute approximate surface area is 191 Å². The number of ketones is 1. The smallest absolute Gasteiger partial charge is 0.203 e. The van der Waals surface area contributed by atoms with Crippen LogP contribution in [0.5, 0.6) is 0 Å². The Kier molecular flexibility index (Phi) is 5.65. The lowest BCUT2D eigenvalue weighted by molar-refractivity contribution is 0.101. The summed E-state index contributed by atoms with van der Waals surface area (Å²) >= 11 is 5.81. The molecule has 1 aliphatic carbocycles. The van der Waals surface area contributed by atoms with Crippen LogP contribution in [0.15, 0.2) is 48.5 Å². The normalized spacial score (nSPS) is 17.0. The molecule has 2 aliphatic rings. The van der Waals surface area contributed by atoms with Crippen LogP contribution in [0, 0.1) is 10.6 Å². The number of carbonyl (C=O) groups is 1. The molecule has 0 amide bonds. The van der Waals surface area contributed by atoms with Crippen LogP contribution in [0.25, 0.3) is 5.69 Å². The maximum atomic E-state index is 14.5. The van der Waals surface area contributed by atoms with Gasteiger partial charge in [0, 0.05) is 43.3 Å². The third-order valence-electron chi connectivity index (χ3n) is 6.22. The fraction of sp³-hybridized carbons (Fsp3) is 0.375. The maximum absolute atomic E-state index is 14.5. The first-order valence-corrected chi connectivity index (χ1v) is 11.4. The first kappa shape index (κ1) is 21.0. The van der Waals surface area contributed by atoms with Gasteiger partial charge in [0.25, 0.3) is 0 Å². The van der Waals surface area contributed by atoms with Gasteiger partial charge in [0.2, 0.25) is 4.77 Å². The van der Waals surface area contributed by atoms with Gasteiger partial charge in [-0.05, 0) is 62.3 Å². The van der Waals surface area contributed by atoms with Gasteiger partial charge in [0.15, 0.2) is 5.78 Å². The van der Waals surface area contributed by atoms with Crippen molar-refractivity contribution in [1.29, 1.82) is 0 Å². The molecule has 2 heterocycles. The van der Waals surface area contributed by atoms with Crippen molar-refractivity contribution in [3.8, 4) is 5.69 Å². The Morgan fingerprint density at radius 3 is 2.44 bits per heavy atom. The third kappa shape index (κ3) is 4.12. The molecule has 166 valence electrons. The van der Waals surface area contributed by atoms with Crippen LogP contribution in [0.2, 0.25) is 0 Å². The number of aromatic nitrogens is 3. The fourth-order valence-corrected chi connectivity index (χ4v) is 4.54. The summed E-state index contributed by atoms with van der Waals surface area (Å²) in [6, 6.07) is 14.9. The average molecular weight is 452 g/mol. The highest BCUT2D eigenvalue weighted by Gasteiger charge is 2.31. The van der Waals surface area contributed by atoms with Gasteiger partial charge in [-0.1, -0.05) is 18.2 Å². The summed E-state index contributed by atoms with van der Waals surface area (Å²) < 4.78 is 19.3. The Morgan fingerprint density at radius 2 is 1.81 bits per heavy atom. The molecule has 32 heavy (non-hydrogen) atoms. The SMILES string of the molecule is CC(=O)c1ccc(N2CCN(Cn3nc(C4CC4)n(-c4ccccc4)c3=S)CC2)c(F)c1. The molecule has 0 radical (unpaired) electrons. The minimum atomic E-state index is -0.343. The Hall–Kier alpha value is -2.84. The molecule has 0 bridgehead atoms. The second-order valence-corrected chi connectivity index (χ2v) is 8.92. The molecular formula is C24H26FN5OS. The van der Waals surface area contributed by atoms with E-state index in [2.05, 4.69) is 21.6 Å². The number of anilines is 1. The summed E-state index contributed by atoms with van der Waals surface area (Å²) in [4.78, 5) is 15.8. The number of hydrogen-bond donors (Lipinski definition) is 0. The topological polar surface area (TPSA) is 46.3 Å². The number of hydrogen-bond acceptors (Lipinski definition) is 5. The lowest BCUT2D eigenvalue weighted by atomic mass is 10.1. The summed E-state index contributed by atoms with van der Waals surface area (Å²) in [5, 5.41) is 4.89. The van der Waals surface area contributed by atoms with Gasteiger partial charge in [-0.15, -0.1) is 0 Å². The van der Waals surface area contributed by atoms with Crippen molar-refractivity contribution in [2.75, 3.05) is 31.1 Å². The number of carbonyl (C=O) groups excluding carboxylic acids is 1. The molecule has 0 N–H and O–H groups in total. The molecule has 1 aliphatic heterocycles. The summed E-state index contributed by atoms with van der Waals surface area (Å²) in [5.74, 6) is 1.06. The van der Waals surface area contributed by atoms with E-state index in [1.165, 1.54) is 13.0 Å². The second kappa shape index (κ2) is 8.60. The number of Topliss-reactive ketones (excluding diaryl/α,β-unsaturated/α-hetero) is 1. The first-order valence-electron chi connectivity index (χ1n) is 11.0. The summed E-state index contributed by atoms with van der Waals surface area (Å²) in [7, 11) is 0. The molecule has 2 aromatic carbocycles. The first-order chi connectivity index (χ1) is 15.5. The Bertz CT molecular complexity index is 1190. The minimum Gasteiger partial charge on any atom is -0.367 e. The van der Waals surface area contributed by atoms with Crippen LogP contribution in [0.1, 0.15) is 41.9 Å². The van der Waals surface area contributed by atoms with Crippen LogP contribution in [-0.4, -0.2) is 51.2 Å². The Balaban J connectivity index is 1.30. The van der Waals surface area contributed by atoms with E-state index in [4.69, 9.17) is 17.3 Å². The number of para-hydroxylation sites is 1. The van der Waals surface area contributed by atoms with E-state index in [9.17, 15) is 9.18 Å². The van der Waals surface area contributed by atoms with Crippen molar-refractivity contribution < 1.29 is 9.18 Å². The molecule has 3 aromatic rings. The predicted molar refractivity (Wildman–Crippen MR) is 125 cm³/mol. The van der Waals surface area contributed by atoms with Crippen molar-refractivity contribution >= 4 is 23.7 Å². The molecule has 0 unspecified atom stereocenters. The summed E-state index contributed by atoms with van der Waals surface area (Å²) in [6.45, 7) is 5.06. The predicted octanol–water partition coefficient (Wildman–Crippen LogP) is 4.40. The van der Waals surface area contributed by atoms with Crippen LogP contribution in [-0.2, 0) is 6.67 Å². The highest BCUT2D eigenvalue weighted by Crippen LogP contribution is 2.40. The number of nitrogens with zero attached hydrogens (tertiary/aromatic N) is 5. The summed E-state index contributed by atoms with van der Waals surface area (Å²) in [5.41, 5.74) is 2.01. The molecule has 1 aromatic heterocycles. The largest absolute Gasteiger partial charge is 0.367 e.